The number of carbonyl (C=O) groups is 1. The SMILES string of the molecule is COc1cc(/C=N\NC(=O)c2cc(C)[nH]n2)cc(Cl)c1O. The maximum Gasteiger partial charge on any atom is 0.291 e. The first kappa shape index (κ1) is 14.9. The Balaban J connectivity index is 2.08. The molecule has 8 heteroatoms. The molecule has 0 bridgehead atoms. The average molecular weight is 309 g/mol. The highest BCUT2D eigenvalue weighted by Crippen LogP contribution is 2.34. The second kappa shape index (κ2) is 6.27. The summed E-state index contributed by atoms with van der Waals surface area (Å²) in [6.07, 6.45) is 1.38. The molecule has 21 heavy (non-hydrogen) atoms. The minimum absolute atomic E-state index is 0.130. The minimum atomic E-state index is -0.438. The molecule has 0 aliphatic rings. The standard InChI is InChI=1S/C13H13ClN4O3/c1-7-3-10(17-16-7)13(20)18-15-6-8-4-9(14)12(19)11(5-8)21-2/h3-6,19H,1-2H3,(H,16,17)(H,18,20)/b15-6-. The molecule has 1 heterocycles. The number of benzene rings is 1. The summed E-state index contributed by atoms with van der Waals surface area (Å²) in [5, 5.41) is 20.0. The number of methoxy groups -OCH3 is 1. The number of aromatic amines is 1. The van der Waals surface area contributed by atoms with Crippen molar-refractivity contribution in [2.24, 2.45) is 5.10 Å². The molecule has 3 N–H and O–H groups in total. The van der Waals surface area contributed by atoms with Gasteiger partial charge in [-0.15, -0.1) is 0 Å². The number of hydrogen-bond acceptors (Lipinski definition) is 5. The molecule has 0 atom stereocenters. The maximum absolute atomic E-state index is 11.7. The Bertz CT molecular complexity index is 697. The van der Waals surface area contributed by atoms with Crippen LogP contribution >= 0.6 is 11.6 Å². The van der Waals surface area contributed by atoms with Gasteiger partial charge in [0, 0.05) is 5.69 Å². The van der Waals surface area contributed by atoms with Crippen LogP contribution in [-0.4, -0.2) is 34.5 Å². The topological polar surface area (TPSA) is 99.6 Å². The number of aromatic nitrogens is 2. The molecule has 1 aromatic carbocycles. The van der Waals surface area contributed by atoms with Crippen molar-refractivity contribution in [3.8, 4) is 11.5 Å². The predicted molar refractivity (Wildman–Crippen MR) is 78.1 cm³/mol. The number of phenols is 1. The van der Waals surface area contributed by atoms with E-state index in [4.69, 9.17) is 16.3 Å². The van der Waals surface area contributed by atoms with Crippen molar-refractivity contribution in [2.75, 3.05) is 7.11 Å². The van der Waals surface area contributed by atoms with Gasteiger partial charge in [-0.1, -0.05) is 11.6 Å². The summed E-state index contributed by atoms with van der Waals surface area (Å²) in [6, 6.07) is 4.63. The summed E-state index contributed by atoms with van der Waals surface area (Å²) in [7, 11) is 1.41. The van der Waals surface area contributed by atoms with Gasteiger partial charge in [0.15, 0.2) is 17.2 Å². The summed E-state index contributed by atoms with van der Waals surface area (Å²) < 4.78 is 4.97. The average Bonchev–Trinajstić information content (AvgIpc) is 2.89. The van der Waals surface area contributed by atoms with Gasteiger partial charge in [0.25, 0.3) is 5.91 Å². The number of aryl methyl sites for hydroxylation is 1. The first-order chi connectivity index (χ1) is 10.0. The summed E-state index contributed by atoms with van der Waals surface area (Å²) in [6.45, 7) is 1.79. The first-order valence-corrected chi connectivity index (χ1v) is 6.31. The second-order valence-electron chi connectivity index (χ2n) is 4.19. The molecule has 0 unspecified atom stereocenters. The Labute approximate surface area is 125 Å². The van der Waals surface area contributed by atoms with Crippen LogP contribution in [0.15, 0.2) is 23.3 Å². The molecule has 1 aromatic heterocycles. The number of aromatic hydroxyl groups is 1. The normalized spacial score (nSPS) is 10.8. The van der Waals surface area contributed by atoms with Gasteiger partial charge >= 0.3 is 0 Å². The fraction of sp³-hybridized carbons (Fsp3) is 0.154. The van der Waals surface area contributed by atoms with E-state index in [0.717, 1.165) is 5.69 Å². The highest BCUT2D eigenvalue weighted by Gasteiger charge is 2.09. The molecule has 7 nitrogen and oxygen atoms in total. The van der Waals surface area contributed by atoms with Crippen molar-refractivity contribution in [1.29, 1.82) is 0 Å². The summed E-state index contributed by atoms with van der Waals surface area (Å²) >= 11 is 5.84. The second-order valence-corrected chi connectivity index (χ2v) is 4.60. The van der Waals surface area contributed by atoms with Crippen LogP contribution in [0.2, 0.25) is 5.02 Å². The zero-order valence-electron chi connectivity index (χ0n) is 11.3. The number of hydrazone groups is 1. The third-order valence-electron chi connectivity index (χ3n) is 2.59. The highest BCUT2D eigenvalue weighted by molar-refractivity contribution is 6.32. The van der Waals surface area contributed by atoms with Gasteiger partial charge < -0.3 is 9.84 Å². The fourth-order valence-electron chi connectivity index (χ4n) is 1.58. The van der Waals surface area contributed by atoms with Crippen LogP contribution in [0.25, 0.3) is 0 Å². The molecule has 0 spiro atoms. The lowest BCUT2D eigenvalue weighted by atomic mass is 10.2. The number of H-pyrrole nitrogens is 1. The van der Waals surface area contributed by atoms with Crippen LogP contribution in [-0.2, 0) is 0 Å². The molecule has 1 amide bonds. The molecular formula is C13H13ClN4O3. The number of carbonyl (C=O) groups excluding carboxylic acids is 1. The largest absolute Gasteiger partial charge is 0.503 e. The number of ether oxygens (including phenoxy) is 1. The lowest BCUT2D eigenvalue weighted by Crippen LogP contribution is -2.18. The lowest BCUT2D eigenvalue weighted by Gasteiger charge is -2.05. The van der Waals surface area contributed by atoms with Gasteiger partial charge in [-0.3, -0.25) is 9.89 Å². The molecule has 110 valence electrons. The van der Waals surface area contributed by atoms with E-state index >= 15 is 0 Å². The zero-order valence-corrected chi connectivity index (χ0v) is 12.1. The number of halogens is 1. The van der Waals surface area contributed by atoms with Crippen molar-refractivity contribution < 1.29 is 14.6 Å². The van der Waals surface area contributed by atoms with Crippen molar-refractivity contribution in [3.05, 3.63) is 40.2 Å². The number of nitrogens with one attached hydrogen (secondary N) is 2. The van der Waals surface area contributed by atoms with Gasteiger partial charge in [0.1, 0.15) is 0 Å². The van der Waals surface area contributed by atoms with Crippen molar-refractivity contribution >= 4 is 23.7 Å². The van der Waals surface area contributed by atoms with Crippen LogP contribution in [0.5, 0.6) is 11.5 Å². The van der Waals surface area contributed by atoms with E-state index in [1.165, 1.54) is 25.5 Å². The number of nitrogens with zero attached hydrogens (tertiary/aromatic N) is 2. The Hall–Kier alpha value is -2.54. The number of hydrogen-bond donors (Lipinski definition) is 3. The Morgan fingerprint density at radius 2 is 2.29 bits per heavy atom. The van der Waals surface area contributed by atoms with Gasteiger partial charge in [-0.05, 0) is 30.7 Å². The molecule has 0 aliphatic heterocycles. The zero-order chi connectivity index (χ0) is 15.4. The van der Waals surface area contributed by atoms with Crippen molar-refractivity contribution in [2.45, 2.75) is 6.92 Å². The molecule has 0 saturated heterocycles. The highest BCUT2D eigenvalue weighted by atomic mass is 35.5. The maximum atomic E-state index is 11.7. The van der Waals surface area contributed by atoms with Crippen LogP contribution in [0, 0.1) is 6.92 Å². The number of rotatable bonds is 4. The van der Waals surface area contributed by atoms with Crippen LogP contribution < -0.4 is 10.2 Å². The molecule has 0 fully saturated rings. The van der Waals surface area contributed by atoms with E-state index < -0.39 is 5.91 Å². The van der Waals surface area contributed by atoms with Crippen LogP contribution in [0.4, 0.5) is 0 Å². The molecule has 0 radical (unpaired) electrons. The smallest absolute Gasteiger partial charge is 0.291 e. The third-order valence-corrected chi connectivity index (χ3v) is 2.88. The minimum Gasteiger partial charge on any atom is -0.503 e. The van der Waals surface area contributed by atoms with Crippen molar-refractivity contribution in [1.82, 2.24) is 15.6 Å². The Morgan fingerprint density at radius 1 is 1.52 bits per heavy atom. The van der Waals surface area contributed by atoms with Gasteiger partial charge in [-0.2, -0.15) is 10.2 Å². The lowest BCUT2D eigenvalue weighted by molar-refractivity contribution is 0.0950. The third kappa shape index (κ3) is 3.51. The van der Waals surface area contributed by atoms with Crippen molar-refractivity contribution in [3.63, 3.8) is 0 Å². The summed E-state index contributed by atoms with van der Waals surface area (Å²) in [4.78, 5) is 11.7. The van der Waals surface area contributed by atoms with Gasteiger partial charge in [0.05, 0.1) is 18.3 Å². The van der Waals surface area contributed by atoms with Crippen LogP contribution in [0.1, 0.15) is 21.7 Å². The van der Waals surface area contributed by atoms with E-state index in [1.807, 2.05) is 0 Å². The Kier molecular flexibility index (Phi) is 4.44. The van der Waals surface area contributed by atoms with E-state index in [0.29, 0.717) is 5.56 Å². The summed E-state index contributed by atoms with van der Waals surface area (Å²) in [5.41, 5.74) is 3.92. The molecule has 0 saturated carbocycles. The fourth-order valence-corrected chi connectivity index (χ4v) is 1.80. The quantitative estimate of drug-likeness (QED) is 0.593. The predicted octanol–water partition coefficient (Wildman–Crippen LogP) is 1.85. The summed E-state index contributed by atoms with van der Waals surface area (Å²) in [5.74, 6) is -0.363. The molecule has 2 aromatic rings. The van der Waals surface area contributed by atoms with Gasteiger partial charge in [0.2, 0.25) is 0 Å². The van der Waals surface area contributed by atoms with Crippen LogP contribution in [0.3, 0.4) is 0 Å². The Morgan fingerprint density at radius 3 is 2.90 bits per heavy atom. The first-order valence-electron chi connectivity index (χ1n) is 5.93. The number of phenolic OH excluding ortho intramolecular Hbond substituents is 1. The molecule has 0 aliphatic carbocycles. The monoisotopic (exact) mass is 308 g/mol. The number of amides is 1. The van der Waals surface area contributed by atoms with E-state index in [1.54, 1.807) is 13.0 Å². The molecule has 2 rings (SSSR count). The van der Waals surface area contributed by atoms with E-state index in [-0.39, 0.29) is 22.2 Å². The molecular weight excluding hydrogens is 296 g/mol. The van der Waals surface area contributed by atoms with Gasteiger partial charge in [-0.25, -0.2) is 5.43 Å². The van der Waals surface area contributed by atoms with E-state index in [2.05, 4.69) is 20.7 Å². The van der Waals surface area contributed by atoms with E-state index in [9.17, 15) is 9.90 Å².